The van der Waals surface area contributed by atoms with Gasteiger partial charge in [0.1, 0.15) is 5.69 Å². The van der Waals surface area contributed by atoms with Crippen molar-refractivity contribution >= 4 is 17.7 Å². The molecule has 0 aliphatic heterocycles. The summed E-state index contributed by atoms with van der Waals surface area (Å²) in [5, 5.41) is 14.3. The summed E-state index contributed by atoms with van der Waals surface area (Å²) in [5.74, 6) is -1.09. The van der Waals surface area contributed by atoms with E-state index < -0.39 is 5.97 Å². The maximum Gasteiger partial charge on any atom is 0.354 e. The molecule has 1 heterocycles. The third-order valence-corrected chi connectivity index (χ3v) is 4.28. The highest BCUT2D eigenvalue weighted by atomic mass is 16.4. The van der Waals surface area contributed by atoms with Crippen LogP contribution in [0.2, 0.25) is 0 Å². The Kier molecular flexibility index (Phi) is 4.77. The Hall–Kier alpha value is -2.11. The molecule has 1 aromatic heterocycles. The molecule has 2 rings (SSSR count). The van der Waals surface area contributed by atoms with Crippen LogP contribution in [0.5, 0.6) is 0 Å². The maximum absolute atomic E-state index is 11.9. The molecule has 0 aromatic carbocycles. The molecule has 1 aliphatic rings. The van der Waals surface area contributed by atoms with Gasteiger partial charge in [0.15, 0.2) is 0 Å². The van der Waals surface area contributed by atoms with Crippen LogP contribution < -0.4 is 10.6 Å². The molecule has 3 N–H and O–H groups in total. The van der Waals surface area contributed by atoms with E-state index in [1.165, 1.54) is 44.0 Å². The number of hydrogen-bond acceptors (Lipinski definition) is 3. The predicted octanol–water partition coefficient (Wildman–Crippen LogP) is 2.87. The highest BCUT2D eigenvalue weighted by molar-refractivity contribution is 5.90. The van der Waals surface area contributed by atoms with Crippen LogP contribution in [0, 0.1) is 5.41 Å². The summed E-state index contributed by atoms with van der Waals surface area (Å²) in [7, 11) is 0. The first-order chi connectivity index (χ1) is 10.0. The first kappa shape index (κ1) is 15.3. The smallest absolute Gasteiger partial charge is 0.354 e. The van der Waals surface area contributed by atoms with Gasteiger partial charge in [-0.25, -0.2) is 14.6 Å². The molecule has 0 bridgehead atoms. The summed E-state index contributed by atoms with van der Waals surface area (Å²) in [6.07, 6.45) is 7.21. The van der Waals surface area contributed by atoms with Crippen LogP contribution in [0.3, 0.4) is 0 Å². The van der Waals surface area contributed by atoms with Crippen molar-refractivity contribution in [3.63, 3.8) is 0 Å². The van der Waals surface area contributed by atoms with E-state index >= 15 is 0 Å². The van der Waals surface area contributed by atoms with Gasteiger partial charge in [-0.05, 0) is 36.8 Å². The van der Waals surface area contributed by atoms with Crippen LogP contribution in [0.4, 0.5) is 10.5 Å². The number of carbonyl (C=O) groups is 2. The zero-order chi connectivity index (χ0) is 15.3. The van der Waals surface area contributed by atoms with Crippen LogP contribution in [0.15, 0.2) is 18.3 Å². The van der Waals surface area contributed by atoms with Gasteiger partial charge in [0.25, 0.3) is 0 Å². The molecule has 1 aliphatic carbocycles. The lowest BCUT2D eigenvalue weighted by Crippen LogP contribution is -2.38. The standard InChI is InChI=1S/C15H21N3O3/c1-2-15(7-3-4-8-15)10-17-14(21)18-11-5-6-12(13(19)20)16-9-11/h5-6,9H,2-4,7-8,10H2,1H3,(H,19,20)(H2,17,18,21). The molecule has 2 amide bonds. The fourth-order valence-corrected chi connectivity index (χ4v) is 2.82. The number of nitrogens with one attached hydrogen (secondary N) is 2. The van der Waals surface area contributed by atoms with Crippen LogP contribution in [0.1, 0.15) is 49.5 Å². The highest BCUT2D eigenvalue weighted by Crippen LogP contribution is 2.40. The summed E-state index contributed by atoms with van der Waals surface area (Å²) in [4.78, 5) is 26.3. The number of rotatable bonds is 5. The second kappa shape index (κ2) is 6.56. The van der Waals surface area contributed by atoms with Crippen molar-refractivity contribution in [2.75, 3.05) is 11.9 Å². The van der Waals surface area contributed by atoms with Crippen molar-refractivity contribution in [2.24, 2.45) is 5.41 Å². The summed E-state index contributed by atoms with van der Waals surface area (Å²) < 4.78 is 0. The third-order valence-electron chi connectivity index (χ3n) is 4.28. The van der Waals surface area contributed by atoms with Gasteiger partial charge in [-0.2, -0.15) is 0 Å². The van der Waals surface area contributed by atoms with Crippen LogP contribution in [0.25, 0.3) is 0 Å². The van der Waals surface area contributed by atoms with Gasteiger partial charge in [0, 0.05) is 6.54 Å². The van der Waals surface area contributed by atoms with Crippen LogP contribution >= 0.6 is 0 Å². The topological polar surface area (TPSA) is 91.3 Å². The Morgan fingerprint density at radius 3 is 2.57 bits per heavy atom. The number of urea groups is 1. The van der Waals surface area contributed by atoms with E-state index in [1.54, 1.807) is 0 Å². The summed E-state index contributed by atoms with van der Waals surface area (Å²) in [5.41, 5.74) is 0.675. The first-order valence-electron chi connectivity index (χ1n) is 7.29. The minimum absolute atomic E-state index is 0.0446. The fourth-order valence-electron chi connectivity index (χ4n) is 2.82. The molecule has 6 heteroatoms. The molecular formula is C15H21N3O3. The van der Waals surface area contributed by atoms with Gasteiger partial charge in [-0.15, -0.1) is 0 Å². The minimum Gasteiger partial charge on any atom is -0.477 e. The number of nitrogens with zero attached hydrogens (tertiary/aromatic N) is 1. The zero-order valence-corrected chi connectivity index (χ0v) is 12.2. The summed E-state index contributed by atoms with van der Waals surface area (Å²) >= 11 is 0. The Morgan fingerprint density at radius 2 is 2.05 bits per heavy atom. The molecule has 21 heavy (non-hydrogen) atoms. The number of carbonyl (C=O) groups excluding carboxylic acids is 1. The highest BCUT2D eigenvalue weighted by Gasteiger charge is 2.32. The predicted molar refractivity (Wildman–Crippen MR) is 79.4 cm³/mol. The van der Waals surface area contributed by atoms with Crippen molar-refractivity contribution < 1.29 is 14.7 Å². The van der Waals surface area contributed by atoms with E-state index in [0.717, 1.165) is 6.42 Å². The van der Waals surface area contributed by atoms with Crippen molar-refractivity contribution in [1.82, 2.24) is 10.3 Å². The van der Waals surface area contributed by atoms with Gasteiger partial charge >= 0.3 is 12.0 Å². The molecule has 1 fully saturated rings. The van der Waals surface area contributed by atoms with E-state index in [2.05, 4.69) is 22.5 Å². The normalized spacial score (nSPS) is 16.4. The maximum atomic E-state index is 11.9. The lowest BCUT2D eigenvalue weighted by molar-refractivity contribution is 0.0690. The van der Waals surface area contributed by atoms with Gasteiger partial charge in [0.05, 0.1) is 11.9 Å². The first-order valence-corrected chi connectivity index (χ1v) is 7.29. The SMILES string of the molecule is CCC1(CNC(=O)Nc2ccc(C(=O)O)nc2)CCCC1. The third kappa shape index (κ3) is 3.93. The van der Waals surface area contributed by atoms with Gasteiger partial charge < -0.3 is 15.7 Å². The molecule has 114 valence electrons. The van der Waals surface area contributed by atoms with Crippen molar-refractivity contribution in [2.45, 2.75) is 39.0 Å². The number of carboxylic acids is 1. The average molecular weight is 291 g/mol. The number of hydrogen-bond donors (Lipinski definition) is 3. The quantitative estimate of drug-likeness (QED) is 0.778. The molecule has 6 nitrogen and oxygen atoms in total. The number of amides is 2. The lowest BCUT2D eigenvalue weighted by atomic mass is 9.83. The Balaban J connectivity index is 1.85. The van der Waals surface area contributed by atoms with E-state index in [9.17, 15) is 9.59 Å². The van der Waals surface area contributed by atoms with Gasteiger partial charge in [-0.3, -0.25) is 0 Å². The van der Waals surface area contributed by atoms with Crippen LogP contribution in [-0.4, -0.2) is 28.6 Å². The summed E-state index contributed by atoms with van der Waals surface area (Å²) in [6, 6.07) is 2.61. The molecule has 1 aromatic rings. The van der Waals surface area contributed by atoms with Crippen molar-refractivity contribution in [1.29, 1.82) is 0 Å². The summed E-state index contributed by atoms with van der Waals surface area (Å²) in [6.45, 7) is 2.84. The number of pyridine rings is 1. The Bertz CT molecular complexity index is 507. The molecule has 0 radical (unpaired) electrons. The monoisotopic (exact) mass is 291 g/mol. The molecule has 0 unspecified atom stereocenters. The van der Waals surface area contributed by atoms with Gasteiger partial charge in [0.2, 0.25) is 0 Å². The molecule has 0 atom stereocenters. The number of anilines is 1. The number of carboxylic acid groups (broad SMARTS) is 1. The van der Waals surface area contributed by atoms with Crippen LogP contribution in [-0.2, 0) is 0 Å². The Labute approximate surface area is 124 Å². The Morgan fingerprint density at radius 1 is 1.33 bits per heavy atom. The average Bonchev–Trinajstić information content (AvgIpc) is 2.95. The molecule has 1 saturated carbocycles. The molecule has 0 spiro atoms. The van der Waals surface area contributed by atoms with E-state index in [0.29, 0.717) is 12.2 Å². The second-order valence-electron chi connectivity index (χ2n) is 5.61. The number of aromatic nitrogens is 1. The van der Waals surface area contributed by atoms with E-state index in [-0.39, 0.29) is 17.1 Å². The van der Waals surface area contributed by atoms with E-state index in [1.807, 2.05) is 0 Å². The zero-order valence-electron chi connectivity index (χ0n) is 12.2. The largest absolute Gasteiger partial charge is 0.477 e. The van der Waals surface area contributed by atoms with Crippen molar-refractivity contribution in [3.05, 3.63) is 24.0 Å². The van der Waals surface area contributed by atoms with Crippen molar-refractivity contribution in [3.8, 4) is 0 Å². The molecule has 0 saturated heterocycles. The lowest BCUT2D eigenvalue weighted by Gasteiger charge is -2.27. The minimum atomic E-state index is -1.09. The number of aromatic carboxylic acids is 1. The van der Waals surface area contributed by atoms with E-state index in [4.69, 9.17) is 5.11 Å². The second-order valence-corrected chi connectivity index (χ2v) is 5.61. The fraction of sp³-hybridized carbons (Fsp3) is 0.533. The molecular weight excluding hydrogens is 270 g/mol. The van der Waals surface area contributed by atoms with Gasteiger partial charge in [-0.1, -0.05) is 19.8 Å².